The number of hydrazone groups is 1. The van der Waals surface area contributed by atoms with E-state index in [0.717, 1.165) is 55.7 Å². The van der Waals surface area contributed by atoms with Crippen LogP contribution in [-0.2, 0) is 9.53 Å². The van der Waals surface area contributed by atoms with E-state index in [0.29, 0.717) is 37.9 Å². The van der Waals surface area contributed by atoms with Gasteiger partial charge in [-0.3, -0.25) is 15.2 Å². The van der Waals surface area contributed by atoms with Gasteiger partial charge < -0.3 is 19.9 Å². The third kappa shape index (κ3) is 4.23. The second kappa shape index (κ2) is 9.26. The van der Waals surface area contributed by atoms with E-state index in [2.05, 4.69) is 33.5 Å². The van der Waals surface area contributed by atoms with E-state index < -0.39 is 0 Å². The maximum atomic E-state index is 12.1. The van der Waals surface area contributed by atoms with E-state index >= 15 is 0 Å². The quantitative estimate of drug-likeness (QED) is 0.486. The van der Waals surface area contributed by atoms with Crippen molar-refractivity contribution in [3.8, 4) is 6.07 Å². The van der Waals surface area contributed by atoms with E-state index in [9.17, 15) is 15.5 Å². The summed E-state index contributed by atoms with van der Waals surface area (Å²) < 4.78 is 5.33. The molecule has 5 aliphatic rings. The maximum absolute atomic E-state index is 12.1. The lowest BCUT2D eigenvalue weighted by molar-refractivity contribution is -0.128. The van der Waals surface area contributed by atoms with E-state index in [1.807, 2.05) is 17.0 Å². The van der Waals surface area contributed by atoms with E-state index in [1.165, 1.54) is 5.57 Å². The Balaban J connectivity index is 1.38. The molecule has 0 saturated carbocycles. The van der Waals surface area contributed by atoms with Gasteiger partial charge in [-0.05, 0) is 36.8 Å². The average Bonchev–Trinajstić information content (AvgIpc) is 3.20. The lowest BCUT2D eigenvalue weighted by atomic mass is 9.78. The molecule has 0 aromatic heterocycles. The molecule has 9 nitrogen and oxygen atoms in total. The van der Waals surface area contributed by atoms with Gasteiger partial charge in [-0.1, -0.05) is 6.08 Å². The van der Waals surface area contributed by atoms with Crippen LogP contribution in [0, 0.1) is 28.6 Å². The molecule has 0 bridgehead atoms. The number of amidine groups is 1. The first-order valence-electron chi connectivity index (χ1n) is 12.2. The van der Waals surface area contributed by atoms with Crippen molar-refractivity contribution in [3.05, 3.63) is 34.7 Å². The lowest BCUT2D eigenvalue weighted by Crippen LogP contribution is -2.50. The Morgan fingerprint density at radius 3 is 2.85 bits per heavy atom. The molecule has 0 aromatic rings. The highest BCUT2D eigenvalue weighted by Gasteiger charge is 2.36. The molecule has 9 heteroatoms. The number of amides is 1. The number of hydrogen-bond acceptors (Lipinski definition) is 7. The minimum Gasteiger partial charge on any atom is -0.381 e. The number of nitriles is 1. The Morgan fingerprint density at radius 2 is 2.15 bits per heavy atom. The van der Waals surface area contributed by atoms with Gasteiger partial charge in [0.15, 0.2) is 0 Å². The van der Waals surface area contributed by atoms with Crippen molar-refractivity contribution in [3.63, 3.8) is 0 Å². The number of carbonyl (C=O) groups is 1. The Hall–Kier alpha value is -3.12. The zero-order valence-corrected chi connectivity index (χ0v) is 20.0. The number of carbonyl (C=O) groups excluding carboxylic acids is 1. The molecular weight excluding hydrogens is 430 g/mol. The largest absolute Gasteiger partial charge is 0.381 e. The van der Waals surface area contributed by atoms with E-state index in [-0.39, 0.29) is 23.8 Å². The van der Waals surface area contributed by atoms with Crippen LogP contribution in [0.5, 0.6) is 0 Å². The smallest absolute Gasteiger partial charge is 0.219 e. The summed E-state index contributed by atoms with van der Waals surface area (Å²) in [5.41, 5.74) is 5.08. The number of hydrogen-bond donors (Lipinski definition) is 2. The molecule has 1 fully saturated rings. The highest BCUT2D eigenvalue weighted by Crippen LogP contribution is 2.38. The normalized spacial score (nSPS) is 27.3. The molecule has 1 aliphatic carbocycles. The van der Waals surface area contributed by atoms with Crippen LogP contribution in [0.2, 0.25) is 0 Å². The minimum atomic E-state index is 0.0479. The van der Waals surface area contributed by atoms with E-state index in [4.69, 9.17) is 4.74 Å². The Morgan fingerprint density at radius 1 is 1.32 bits per heavy atom. The van der Waals surface area contributed by atoms with Crippen molar-refractivity contribution >= 4 is 17.5 Å². The summed E-state index contributed by atoms with van der Waals surface area (Å²) in [4.78, 5) is 16.1. The summed E-state index contributed by atoms with van der Waals surface area (Å²) in [5.74, 6) is 0.922. The molecule has 2 N–H and O–H groups in total. The maximum Gasteiger partial charge on any atom is 0.219 e. The molecule has 34 heavy (non-hydrogen) atoms. The third-order valence-electron chi connectivity index (χ3n) is 7.58. The standard InChI is InChI=1S/C25H33N7O2/c1-16(33)31-9-7-22(28-19-14-34-15-19)21(13-31)25(27)32-8-3-4-18-10-17(5-6-24(18)32)20-12-30(2)29-23(20)11-26/h5-6,17,19-20,27-28H,3-4,7-10,12-15H2,1-2H3. The summed E-state index contributed by atoms with van der Waals surface area (Å²) in [5, 5.41) is 28.6. The van der Waals surface area contributed by atoms with Crippen molar-refractivity contribution < 1.29 is 9.53 Å². The fraction of sp³-hybridized carbons (Fsp3) is 0.600. The summed E-state index contributed by atoms with van der Waals surface area (Å²) in [6.07, 6.45) is 8.01. The molecule has 2 unspecified atom stereocenters. The number of ether oxygens (including phenoxy) is 1. The Labute approximate surface area is 200 Å². The zero-order chi connectivity index (χ0) is 23.8. The first-order valence-corrected chi connectivity index (χ1v) is 12.2. The van der Waals surface area contributed by atoms with Crippen LogP contribution in [0.3, 0.4) is 0 Å². The second-order valence-corrected chi connectivity index (χ2v) is 9.89. The summed E-state index contributed by atoms with van der Waals surface area (Å²) in [7, 11) is 1.92. The van der Waals surface area contributed by atoms with Gasteiger partial charge in [0.05, 0.1) is 25.8 Å². The molecule has 4 aliphatic heterocycles. The average molecular weight is 464 g/mol. The molecule has 0 spiro atoms. The van der Waals surface area contributed by atoms with Gasteiger partial charge in [0, 0.05) is 62.9 Å². The first-order chi connectivity index (χ1) is 16.4. The molecule has 0 aromatic carbocycles. The fourth-order valence-corrected chi connectivity index (χ4v) is 5.63. The second-order valence-electron chi connectivity index (χ2n) is 9.89. The van der Waals surface area contributed by atoms with Crippen molar-refractivity contribution in [2.75, 3.05) is 46.4 Å². The minimum absolute atomic E-state index is 0.0479. The molecular formula is C25H33N7O2. The van der Waals surface area contributed by atoms with Gasteiger partial charge >= 0.3 is 0 Å². The van der Waals surface area contributed by atoms with Crippen molar-refractivity contribution in [1.82, 2.24) is 20.1 Å². The van der Waals surface area contributed by atoms with Crippen LogP contribution < -0.4 is 5.32 Å². The summed E-state index contributed by atoms with van der Waals surface area (Å²) in [6, 6.07) is 2.57. The predicted molar refractivity (Wildman–Crippen MR) is 129 cm³/mol. The molecule has 1 saturated heterocycles. The number of allylic oxidation sites excluding steroid dienone is 3. The van der Waals surface area contributed by atoms with Crippen LogP contribution >= 0.6 is 0 Å². The van der Waals surface area contributed by atoms with Gasteiger partial charge in [0.2, 0.25) is 5.91 Å². The van der Waals surface area contributed by atoms with Crippen molar-refractivity contribution in [1.29, 1.82) is 10.7 Å². The SMILES string of the molecule is CC(=O)N1CCC(NC2COC2)=C(C(=N)N2CCCC3=C2C=CC(C2CN(C)N=C2C#N)C3)C1. The van der Waals surface area contributed by atoms with Crippen LogP contribution in [-0.4, -0.2) is 84.7 Å². The van der Waals surface area contributed by atoms with Gasteiger partial charge in [-0.25, -0.2) is 0 Å². The molecule has 2 atom stereocenters. The van der Waals surface area contributed by atoms with Crippen LogP contribution in [0.1, 0.15) is 32.6 Å². The van der Waals surface area contributed by atoms with Crippen molar-refractivity contribution in [2.45, 2.75) is 38.6 Å². The number of rotatable bonds is 4. The molecule has 1 amide bonds. The first kappa shape index (κ1) is 22.7. The highest BCUT2D eigenvalue weighted by molar-refractivity contribution is 6.01. The monoisotopic (exact) mass is 463 g/mol. The topological polar surface area (TPSA) is 108 Å². The molecule has 180 valence electrons. The predicted octanol–water partition coefficient (Wildman–Crippen LogP) is 1.83. The summed E-state index contributed by atoms with van der Waals surface area (Å²) >= 11 is 0. The zero-order valence-electron chi connectivity index (χ0n) is 20.0. The third-order valence-corrected chi connectivity index (χ3v) is 7.58. The number of nitrogens with zero attached hydrogens (tertiary/aromatic N) is 5. The number of nitrogens with one attached hydrogen (secondary N) is 2. The molecule has 0 radical (unpaired) electrons. The Bertz CT molecular complexity index is 1050. The van der Waals surface area contributed by atoms with Crippen molar-refractivity contribution in [2.24, 2.45) is 16.9 Å². The van der Waals surface area contributed by atoms with Gasteiger partial charge in [0.1, 0.15) is 17.6 Å². The fourth-order valence-electron chi connectivity index (χ4n) is 5.63. The lowest BCUT2D eigenvalue weighted by Gasteiger charge is -2.40. The van der Waals surface area contributed by atoms with Gasteiger partial charge in [-0.2, -0.15) is 10.4 Å². The highest BCUT2D eigenvalue weighted by atomic mass is 16.5. The van der Waals surface area contributed by atoms with Gasteiger partial charge in [-0.15, -0.1) is 0 Å². The van der Waals surface area contributed by atoms with Crippen LogP contribution in [0.25, 0.3) is 0 Å². The Kier molecular flexibility index (Phi) is 6.17. The molecule has 4 heterocycles. The van der Waals surface area contributed by atoms with E-state index in [1.54, 1.807) is 6.92 Å². The van der Waals surface area contributed by atoms with Crippen LogP contribution in [0.15, 0.2) is 39.8 Å². The van der Waals surface area contributed by atoms with Gasteiger partial charge in [0.25, 0.3) is 0 Å². The summed E-state index contributed by atoms with van der Waals surface area (Å²) in [6.45, 7) is 5.69. The van der Waals surface area contributed by atoms with Crippen LogP contribution in [0.4, 0.5) is 0 Å². The molecule has 5 rings (SSSR count).